The lowest BCUT2D eigenvalue weighted by Crippen LogP contribution is -2.38. The summed E-state index contributed by atoms with van der Waals surface area (Å²) in [7, 11) is 0. The first-order valence-electron chi connectivity index (χ1n) is 5.61. The molecule has 2 rings (SSSR count). The summed E-state index contributed by atoms with van der Waals surface area (Å²) in [6.07, 6.45) is 2.41. The Morgan fingerprint density at radius 1 is 1.41 bits per heavy atom. The maximum absolute atomic E-state index is 11.9. The molecule has 7 heteroatoms. The zero-order valence-corrected chi connectivity index (χ0v) is 9.62. The van der Waals surface area contributed by atoms with Crippen molar-refractivity contribution < 1.29 is 0 Å². The highest BCUT2D eigenvalue weighted by Gasteiger charge is 2.08. The highest BCUT2D eigenvalue weighted by Crippen LogP contribution is 1.94. The molecule has 0 spiro atoms. The molecule has 92 valence electrons. The molecule has 17 heavy (non-hydrogen) atoms. The van der Waals surface area contributed by atoms with Crippen LogP contribution in [0.2, 0.25) is 0 Å². The van der Waals surface area contributed by atoms with E-state index in [2.05, 4.69) is 27.2 Å². The number of fused-ring (bicyclic) bond motifs is 1. The Balaban J connectivity index is 2.27. The minimum atomic E-state index is -0.423. The van der Waals surface area contributed by atoms with E-state index < -0.39 is 5.69 Å². The number of nitrogens with zero attached hydrogens (tertiary/aromatic N) is 2. The van der Waals surface area contributed by atoms with Crippen LogP contribution < -0.4 is 16.6 Å². The number of imidazole rings is 1. The Kier molecular flexibility index (Phi) is 3.38. The fourth-order valence-electron chi connectivity index (χ4n) is 1.64. The summed E-state index contributed by atoms with van der Waals surface area (Å²) >= 11 is 0. The van der Waals surface area contributed by atoms with Gasteiger partial charge >= 0.3 is 5.69 Å². The molecule has 3 N–H and O–H groups in total. The van der Waals surface area contributed by atoms with Crippen molar-refractivity contribution in [1.29, 1.82) is 0 Å². The first-order chi connectivity index (χ1) is 8.24. The summed E-state index contributed by atoms with van der Waals surface area (Å²) in [4.78, 5) is 32.7. The molecule has 0 aliphatic heterocycles. The van der Waals surface area contributed by atoms with Crippen molar-refractivity contribution in [3.8, 4) is 0 Å². The van der Waals surface area contributed by atoms with Gasteiger partial charge in [-0.15, -0.1) is 0 Å². The van der Waals surface area contributed by atoms with Crippen molar-refractivity contribution in [3.63, 3.8) is 0 Å². The summed E-state index contributed by atoms with van der Waals surface area (Å²) in [6, 6.07) is 0. The predicted molar refractivity (Wildman–Crippen MR) is 64.1 cm³/mol. The van der Waals surface area contributed by atoms with E-state index >= 15 is 0 Å². The molecule has 0 fully saturated rings. The summed E-state index contributed by atoms with van der Waals surface area (Å²) in [5, 5.41) is 3.14. The van der Waals surface area contributed by atoms with Crippen molar-refractivity contribution >= 4 is 11.2 Å². The first kappa shape index (κ1) is 11.6. The Hall–Kier alpha value is -1.89. The van der Waals surface area contributed by atoms with Gasteiger partial charge in [0.2, 0.25) is 0 Å². The molecule has 7 nitrogen and oxygen atoms in total. The number of aromatic nitrogens is 4. The van der Waals surface area contributed by atoms with Crippen LogP contribution in [0.15, 0.2) is 15.9 Å². The third kappa shape index (κ3) is 2.28. The maximum Gasteiger partial charge on any atom is 0.330 e. The quantitative estimate of drug-likeness (QED) is 0.606. The van der Waals surface area contributed by atoms with Crippen molar-refractivity contribution in [2.24, 2.45) is 0 Å². The molecule has 0 saturated carbocycles. The van der Waals surface area contributed by atoms with Crippen LogP contribution in [0.3, 0.4) is 0 Å². The summed E-state index contributed by atoms with van der Waals surface area (Å²) in [6.45, 7) is 3.88. The van der Waals surface area contributed by atoms with E-state index in [0.29, 0.717) is 24.3 Å². The van der Waals surface area contributed by atoms with Gasteiger partial charge < -0.3 is 10.3 Å². The molecule has 0 aliphatic carbocycles. The Morgan fingerprint density at radius 2 is 2.24 bits per heavy atom. The van der Waals surface area contributed by atoms with Gasteiger partial charge in [0.1, 0.15) is 5.52 Å². The van der Waals surface area contributed by atoms with Crippen LogP contribution in [0.1, 0.15) is 13.3 Å². The molecule has 2 heterocycles. The van der Waals surface area contributed by atoms with Gasteiger partial charge in [-0.05, 0) is 13.0 Å². The summed E-state index contributed by atoms with van der Waals surface area (Å²) in [5.74, 6) is 0. The average Bonchev–Trinajstić information content (AvgIpc) is 2.76. The van der Waals surface area contributed by atoms with Crippen LogP contribution >= 0.6 is 0 Å². The van der Waals surface area contributed by atoms with E-state index in [0.717, 1.165) is 13.0 Å². The van der Waals surface area contributed by atoms with Crippen LogP contribution in [0.25, 0.3) is 11.2 Å². The normalized spacial score (nSPS) is 11.1. The lowest BCUT2D eigenvalue weighted by atomic mass is 10.4. The maximum atomic E-state index is 11.9. The smallest absolute Gasteiger partial charge is 0.330 e. The third-order valence-corrected chi connectivity index (χ3v) is 2.51. The minimum Gasteiger partial charge on any atom is -0.339 e. The Bertz CT molecular complexity index is 609. The standard InChI is InChI=1S/C10H15N5O2/c1-2-3-11-4-5-15-9(16)7-8(13-6-12-7)14-10(15)17/h6,11H,2-5H2,1H3,(H,12,13)(H,14,17). The highest BCUT2D eigenvalue weighted by atomic mass is 16.2. The van der Waals surface area contributed by atoms with Crippen LogP contribution in [0.5, 0.6) is 0 Å². The molecule has 0 atom stereocenters. The van der Waals surface area contributed by atoms with Gasteiger partial charge in [0, 0.05) is 13.1 Å². The van der Waals surface area contributed by atoms with E-state index in [4.69, 9.17) is 0 Å². The van der Waals surface area contributed by atoms with E-state index in [1.165, 1.54) is 10.9 Å². The fourth-order valence-corrected chi connectivity index (χ4v) is 1.64. The topological polar surface area (TPSA) is 95.6 Å². The molecule has 0 aromatic carbocycles. The SMILES string of the molecule is CCCNCCn1c(=O)[nH]c2nc[nH]c2c1=O. The average molecular weight is 237 g/mol. The Morgan fingerprint density at radius 3 is 3.00 bits per heavy atom. The van der Waals surface area contributed by atoms with Gasteiger partial charge in [-0.3, -0.25) is 14.3 Å². The third-order valence-electron chi connectivity index (χ3n) is 2.51. The number of aromatic amines is 2. The minimum absolute atomic E-state index is 0.303. The van der Waals surface area contributed by atoms with Gasteiger partial charge in [-0.25, -0.2) is 9.78 Å². The molecule has 0 unspecified atom stereocenters. The molecular formula is C10H15N5O2. The van der Waals surface area contributed by atoms with Crippen LogP contribution in [-0.4, -0.2) is 32.6 Å². The van der Waals surface area contributed by atoms with Gasteiger partial charge in [-0.1, -0.05) is 6.92 Å². The second kappa shape index (κ2) is 4.96. The van der Waals surface area contributed by atoms with E-state index in [1.54, 1.807) is 0 Å². The van der Waals surface area contributed by atoms with E-state index in [9.17, 15) is 9.59 Å². The molecule has 0 aliphatic rings. The predicted octanol–water partition coefficient (Wildman–Crippen LogP) is -0.587. The molecule has 2 aromatic rings. The zero-order chi connectivity index (χ0) is 12.3. The van der Waals surface area contributed by atoms with Crippen LogP contribution in [0.4, 0.5) is 0 Å². The first-order valence-corrected chi connectivity index (χ1v) is 5.61. The Labute approximate surface area is 96.9 Å². The number of hydrogen-bond acceptors (Lipinski definition) is 4. The fraction of sp³-hybridized carbons (Fsp3) is 0.500. The monoisotopic (exact) mass is 237 g/mol. The molecular weight excluding hydrogens is 222 g/mol. The summed E-state index contributed by atoms with van der Waals surface area (Å²) < 4.78 is 1.17. The van der Waals surface area contributed by atoms with Gasteiger partial charge in [-0.2, -0.15) is 0 Å². The van der Waals surface area contributed by atoms with Crippen molar-refractivity contribution in [2.45, 2.75) is 19.9 Å². The number of rotatable bonds is 5. The second-order valence-electron chi connectivity index (χ2n) is 3.76. The molecule has 0 radical (unpaired) electrons. The zero-order valence-electron chi connectivity index (χ0n) is 9.62. The second-order valence-corrected chi connectivity index (χ2v) is 3.76. The number of hydrogen-bond donors (Lipinski definition) is 3. The number of nitrogens with one attached hydrogen (secondary N) is 3. The molecule has 0 bridgehead atoms. The lowest BCUT2D eigenvalue weighted by molar-refractivity contribution is 0.566. The van der Waals surface area contributed by atoms with E-state index in [1.807, 2.05) is 0 Å². The summed E-state index contributed by atoms with van der Waals surface area (Å²) in [5.41, 5.74) is -0.120. The number of H-pyrrole nitrogens is 2. The van der Waals surface area contributed by atoms with Crippen molar-refractivity contribution in [1.82, 2.24) is 24.8 Å². The molecule has 0 saturated heterocycles. The molecule has 0 amide bonds. The largest absolute Gasteiger partial charge is 0.339 e. The lowest BCUT2D eigenvalue weighted by Gasteiger charge is -2.05. The van der Waals surface area contributed by atoms with Crippen LogP contribution in [-0.2, 0) is 6.54 Å². The van der Waals surface area contributed by atoms with Gasteiger partial charge in [0.15, 0.2) is 5.65 Å². The van der Waals surface area contributed by atoms with Gasteiger partial charge in [0.25, 0.3) is 5.56 Å². The van der Waals surface area contributed by atoms with Gasteiger partial charge in [0.05, 0.1) is 6.33 Å². The molecule has 2 aromatic heterocycles. The van der Waals surface area contributed by atoms with Crippen LogP contribution in [0, 0.1) is 0 Å². The van der Waals surface area contributed by atoms with E-state index in [-0.39, 0.29) is 5.56 Å². The van der Waals surface area contributed by atoms with Crippen molar-refractivity contribution in [2.75, 3.05) is 13.1 Å². The highest BCUT2D eigenvalue weighted by molar-refractivity contribution is 5.67. The van der Waals surface area contributed by atoms with Crippen molar-refractivity contribution in [3.05, 3.63) is 27.2 Å².